The van der Waals surface area contributed by atoms with Crippen LogP contribution in [0.5, 0.6) is 0 Å². The molecule has 0 fully saturated rings. The van der Waals surface area contributed by atoms with Gasteiger partial charge >= 0.3 is 0 Å². The molecule has 1 aromatic carbocycles. The van der Waals surface area contributed by atoms with Crippen molar-refractivity contribution in [2.24, 2.45) is 5.92 Å². The third-order valence-electron chi connectivity index (χ3n) is 2.28. The van der Waals surface area contributed by atoms with Gasteiger partial charge in [0.15, 0.2) is 0 Å². The van der Waals surface area contributed by atoms with Gasteiger partial charge < -0.3 is 0 Å². The van der Waals surface area contributed by atoms with Crippen LogP contribution in [-0.4, -0.2) is 20.3 Å². The summed E-state index contributed by atoms with van der Waals surface area (Å²) < 4.78 is 26.2. The molecule has 0 amide bonds. The van der Waals surface area contributed by atoms with Crippen LogP contribution in [0.1, 0.15) is 20.3 Å². The molecule has 0 spiro atoms. The van der Waals surface area contributed by atoms with E-state index in [1.54, 1.807) is 30.3 Å². The summed E-state index contributed by atoms with van der Waals surface area (Å²) in [6.07, 6.45) is 0.791. The van der Waals surface area contributed by atoms with Gasteiger partial charge in [-0.25, -0.2) is 13.1 Å². The summed E-state index contributed by atoms with van der Waals surface area (Å²) >= 11 is 6.04. The summed E-state index contributed by atoms with van der Waals surface area (Å²) in [4.78, 5) is 0.272. The number of sulfonamides is 1. The second-order valence-corrected chi connectivity index (χ2v) is 6.78. The number of benzene rings is 1. The highest BCUT2D eigenvalue weighted by Crippen LogP contribution is 2.12. The van der Waals surface area contributed by atoms with Crippen molar-refractivity contribution >= 4 is 21.6 Å². The van der Waals surface area contributed by atoms with Crippen molar-refractivity contribution in [2.45, 2.75) is 30.5 Å². The van der Waals surface area contributed by atoms with E-state index in [-0.39, 0.29) is 16.8 Å². The van der Waals surface area contributed by atoms with E-state index in [2.05, 4.69) is 18.6 Å². The summed E-state index contributed by atoms with van der Waals surface area (Å²) in [5.74, 6) is 0.457. The van der Waals surface area contributed by atoms with Gasteiger partial charge in [-0.2, -0.15) is 0 Å². The lowest BCUT2D eigenvalue weighted by atomic mass is 10.1. The highest BCUT2D eigenvalue weighted by molar-refractivity contribution is 7.89. The number of hydrogen-bond acceptors (Lipinski definition) is 2. The van der Waals surface area contributed by atoms with Crippen LogP contribution in [0.4, 0.5) is 0 Å². The smallest absolute Gasteiger partial charge is 0.210 e. The molecule has 5 heteroatoms. The molecule has 0 aromatic heterocycles. The van der Waals surface area contributed by atoms with Gasteiger partial charge in [0.25, 0.3) is 0 Å². The Hall–Kier alpha value is -0.580. The Labute approximate surface area is 108 Å². The lowest BCUT2D eigenvalue weighted by Gasteiger charge is -2.13. The summed E-state index contributed by atoms with van der Waals surface area (Å²) in [7, 11) is -3.43. The first-order valence-electron chi connectivity index (χ1n) is 5.60. The van der Waals surface area contributed by atoms with Crippen LogP contribution < -0.4 is 4.72 Å². The van der Waals surface area contributed by atoms with E-state index in [0.717, 1.165) is 6.42 Å². The Morgan fingerprint density at radius 3 is 2.35 bits per heavy atom. The van der Waals surface area contributed by atoms with E-state index in [1.807, 2.05) is 0 Å². The molecule has 96 valence electrons. The van der Waals surface area contributed by atoms with E-state index in [9.17, 15) is 8.42 Å². The first-order chi connectivity index (χ1) is 7.92. The lowest BCUT2D eigenvalue weighted by molar-refractivity contribution is 0.544. The molecular formula is C12H18ClNO2S. The van der Waals surface area contributed by atoms with Crippen LogP contribution in [0.3, 0.4) is 0 Å². The Kier molecular flexibility index (Phi) is 5.43. The Balaban J connectivity index is 2.57. The van der Waals surface area contributed by atoms with E-state index >= 15 is 0 Å². The summed E-state index contributed by atoms with van der Waals surface area (Å²) in [5.41, 5.74) is 0. The van der Waals surface area contributed by atoms with Gasteiger partial charge in [0, 0.05) is 11.9 Å². The van der Waals surface area contributed by atoms with E-state index in [1.165, 1.54) is 0 Å². The fourth-order valence-electron chi connectivity index (χ4n) is 1.48. The molecule has 0 saturated carbocycles. The molecule has 1 aromatic rings. The highest BCUT2D eigenvalue weighted by atomic mass is 35.5. The molecule has 1 unspecified atom stereocenters. The third-order valence-corrected chi connectivity index (χ3v) is 4.05. The van der Waals surface area contributed by atoms with Crippen LogP contribution in [0.15, 0.2) is 35.2 Å². The summed E-state index contributed by atoms with van der Waals surface area (Å²) in [5, 5.41) is -0.173. The minimum atomic E-state index is -3.43. The van der Waals surface area contributed by atoms with Crippen molar-refractivity contribution in [1.82, 2.24) is 4.72 Å². The van der Waals surface area contributed by atoms with Crippen molar-refractivity contribution in [1.29, 1.82) is 0 Å². The quantitative estimate of drug-likeness (QED) is 0.811. The fourth-order valence-corrected chi connectivity index (χ4v) is 3.11. The maximum atomic E-state index is 11.9. The average Bonchev–Trinajstić information content (AvgIpc) is 2.27. The van der Waals surface area contributed by atoms with E-state index < -0.39 is 10.0 Å². The Morgan fingerprint density at radius 1 is 1.24 bits per heavy atom. The first kappa shape index (κ1) is 14.5. The van der Waals surface area contributed by atoms with Crippen molar-refractivity contribution in [3.8, 4) is 0 Å². The molecular weight excluding hydrogens is 258 g/mol. The maximum Gasteiger partial charge on any atom is 0.240 e. The fraction of sp³-hybridized carbons (Fsp3) is 0.500. The van der Waals surface area contributed by atoms with Crippen molar-refractivity contribution in [3.63, 3.8) is 0 Å². The van der Waals surface area contributed by atoms with Crippen LogP contribution in [-0.2, 0) is 10.0 Å². The molecule has 0 aliphatic rings. The number of halogens is 1. The van der Waals surface area contributed by atoms with Gasteiger partial charge in [-0.05, 0) is 24.5 Å². The molecule has 0 heterocycles. The standard InChI is InChI=1S/C12H18ClNO2S/c1-10(2)8-11(13)9-14-17(15,16)12-6-4-3-5-7-12/h3-7,10-11,14H,8-9H2,1-2H3. The van der Waals surface area contributed by atoms with Crippen molar-refractivity contribution in [2.75, 3.05) is 6.54 Å². The molecule has 0 bridgehead atoms. The highest BCUT2D eigenvalue weighted by Gasteiger charge is 2.15. The molecule has 0 aliphatic carbocycles. The monoisotopic (exact) mass is 275 g/mol. The molecule has 17 heavy (non-hydrogen) atoms. The second kappa shape index (κ2) is 6.38. The normalized spacial score (nSPS) is 13.9. The number of hydrogen-bond donors (Lipinski definition) is 1. The van der Waals surface area contributed by atoms with Gasteiger partial charge in [0.2, 0.25) is 10.0 Å². The van der Waals surface area contributed by atoms with E-state index in [0.29, 0.717) is 5.92 Å². The van der Waals surface area contributed by atoms with Crippen molar-refractivity contribution < 1.29 is 8.42 Å². The number of alkyl halides is 1. The number of rotatable bonds is 6. The van der Waals surface area contributed by atoms with Gasteiger partial charge in [-0.1, -0.05) is 32.0 Å². The summed E-state index contributed by atoms with van der Waals surface area (Å²) in [6.45, 7) is 4.37. The third kappa shape index (κ3) is 5.06. The minimum absolute atomic E-state index is 0.173. The summed E-state index contributed by atoms with van der Waals surface area (Å²) in [6, 6.07) is 8.30. The minimum Gasteiger partial charge on any atom is -0.210 e. The maximum absolute atomic E-state index is 11.9. The largest absolute Gasteiger partial charge is 0.240 e. The first-order valence-corrected chi connectivity index (χ1v) is 7.52. The van der Waals surface area contributed by atoms with Gasteiger partial charge in [-0.3, -0.25) is 0 Å². The molecule has 0 aliphatic heterocycles. The average molecular weight is 276 g/mol. The zero-order valence-electron chi connectivity index (χ0n) is 10.1. The van der Waals surface area contributed by atoms with Crippen molar-refractivity contribution in [3.05, 3.63) is 30.3 Å². The van der Waals surface area contributed by atoms with Crippen LogP contribution >= 0.6 is 11.6 Å². The Bertz CT molecular complexity index is 431. The molecule has 1 N–H and O–H groups in total. The van der Waals surface area contributed by atoms with Crippen LogP contribution in [0, 0.1) is 5.92 Å². The molecule has 0 radical (unpaired) electrons. The second-order valence-electron chi connectivity index (χ2n) is 4.39. The SMILES string of the molecule is CC(C)CC(Cl)CNS(=O)(=O)c1ccccc1. The van der Waals surface area contributed by atoms with Gasteiger partial charge in [-0.15, -0.1) is 11.6 Å². The van der Waals surface area contributed by atoms with Gasteiger partial charge in [0.05, 0.1) is 4.90 Å². The molecule has 1 atom stereocenters. The Morgan fingerprint density at radius 2 is 1.82 bits per heavy atom. The molecule has 0 saturated heterocycles. The predicted molar refractivity (Wildman–Crippen MR) is 70.7 cm³/mol. The zero-order chi connectivity index (χ0) is 12.9. The lowest BCUT2D eigenvalue weighted by Crippen LogP contribution is -2.30. The van der Waals surface area contributed by atoms with Gasteiger partial charge in [0.1, 0.15) is 0 Å². The predicted octanol–water partition coefficient (Wildman–Crippen LogP) is 2.62. The van der Waals surface area contributed by atoms with Crippen LogP contribution in [0.2, 0.25) is 0 Å². The topological polar surface area (TPSA) is 46.2 Å². The molecule has 1 rings (SSSR count). The number of nitrogens with one attached hydrogen (secondary N) is 1. The van der Waals surface area contributed by atoms with Crippen LogP contribution in [0.25, 0.3) is 0 Å². The molecule has 3 nitrogen and oxygen atoms in total. The zero-order valence-corrected chi connectivity index (χ0v) is 11.6. The van der Waals surface area contributed by atoms with E-state index in [4.69, 9.17) is 11.6 Å².